The molecule has 0 saturated carbocycles. The summed E-state index contributed by atoms with van der Waals surface area (Å²) in [5.41, 5.74) is 5.10. The van der Waals surface area contributed by atoms with Crippen molar-refractivity contribution in [3.63, 3.8) is 0 Å². The molecule has 1 unspecified atom stereocenters. The van der Waals surface area contributed by atoms with Gasteiger partial charge in [0, 0.05) is 6.04 Å². The van der Waals surface area contributed by atoms with Crippen LogP contribution in [0.1, 0.15) is 13.8 Å². The van der Waals surface area contributed by atoms with Gasteiger partial charge in [-0.15, -0.1) is 0 Å². The van der Waals surface area contributed by atoms with E-state index in [2.05, 4.69) is 21.1 Å². The Balaban J connectivity index is 0. The number of rotatable bonds is 4. The maximum absolute atomic E-state index is 9.90. The molecule has 0 spiro atoms. The van der Waals surface area contributed by atoms with E-state index in [-0.39, 0.29) is 12.5 Å². The predicted octanol–water partition coefficient (Wildman–Crippen LogP) is -1.60. The molecule has 0 saturated heterocycles. The van der Waals surface area contributed by atoms with Crippen molar-refractivity contribution in [2.45, 2.75) is 19.9 Å². The molecule has 15 heavy (non-hydrogen) atoms. The third kappa shape index (κ3) is 13.3. The molecule has 3 N–H and O–H groups in total. The molecular formula is C10H24N2O3. The quantitative estimate of drug-likeness (QED) is 0.559. The second kappa shape index (κ2) is 7.62. The molecule has 0 bridgehead atoms. The molecule has 0 aromatic heterocycles. The van der Waals surface area contributed by atoms with Crippen LogP contribution in [-0.2, 0) is 4.79 Å². The minimum absolute atomic E-state index is 0.0417. The number of carbonyl (C=O) groups excluding carboxylic acids is 1. The predicted molar refractivity (Wildman–Crippen MR) is 57.8 cm³/mol. The summed E-state index contributed by atoms with van der Waals surface area (Å²) in [7, 11) is 6.16. The van der Waals surface area contributed by atoms with Crippen molar-refractivity contribution in [3.8, 4) is 0 Å². The van der Waals surface area contributed by atoms with Crippen molar-refractivity contribution < 1.29 is 19.5 Å². The van der Waals surface area contributed by atoms with Gasteiger partial charge in [-0.25, -0.2) is 0 Å². The van der Waals surface area contributed by atoms with Crippen LogP contribution in [0.15, 0.2) is 0 Å². The number of carboxylic acid groups (broad SMARTS) is 1. The second-order valence-electron chi connectivity index (χ2n) is 4.83. The molecule has 0 aliphatic carbocycles. The van der Waals surface area contributed by atoms with Crippen LogP contribution in [0.3, 0.4) is 0 Å². The molecule has 92 valence electrons. The third-order valence-corrected chi connectivity index (χ3v) is 1.76. The number of carboxylic acids is 1. The van der Waals surface area contributed by atoms with Crippen molar-refractivity contribution in [2.24, 2.45) is 11.7 Å². The lowest BCUT2D eigenvalue weighted by molar-refractivity contribution is -0.870. The van der Waals surface area contributed by atoms with E-state index >= 15 is 0 Å². The molecule has 0 amide bonds. The fraction of sp³-hybridized carbons (Fsp3) is 0.900. The molecule has 0 aromatic carbocycles. The van der Waals surface area contributed by atoms with Gasteiger partial charge in [-0.3, -0.25) is 0 Å². The molecule has 0 radical (unpaired) electrons. The summed E-state index contributed by atoms with van der Waals surface area (Å²) in [6.07, 6.45) is 0. The number of likely N-dealkylation sites (N-methyl/N-ethyl adjacent to an activating group) is 1. The highest BCUT2D eigenvalue weighted by atomic mass is 16.4. The monoisotopic (exact) mass is 220 g/mol. The van der Waals surface area contributed by atoms with Crippen molar-refractivity contribution in [1.29, 1.82) is 0 Å². The average molecular weight is 220 g/mol. The number of quaternary nitrogens is 1. The Labute approximate surface area is 92.1 Å². The first kappa shape index (κ1) is 16.8. The van der Waals surface area contributed by atoms with Crippen LogP contribution in [0.2, 0.25) is 0 Å². The van der Waals surface area contributed by atoms with Gasteiger partial charge in [0.25, 0.3) is 0 Å². The molecule has 5 heteroatoms. The Morgan fingerprint density at radius 1 is 1.40 bits per heavy atom. The summed E-state index contributed by atoms with van der Waals surface area (Å²) in [4.78, 5) is 9.90. The number of hydrogen-bond donors (Lipinski definition) is 2. The summed E-state index contributed by atoms with van der Waals surface area (Å²) in [6, 6.07) is -0.824. The highest BCUT2D eigenvalue weighted by molar-refractivity contribution is 5.71. The van der Waals surface area contributed by atoms with E-state index in [1.54, 1.807) is 13.8 Å². The third-order valence-electron chi connectivity index (χ3n) is 1.76. The van der Waals surface area contributed by atoms with Gasteiger partial charge in [0.1, 0.15) is 6.54 Å². The lowest BCUT2D eigenvalue weighted by Crippen LogP contribution is -2.45. The van der Waals surface area contributed by atoms with Crippen LogP contribution in [0.4, 0.5) is 0 Å². The molecule has 0 aliphatic heterocycles. The lowest BCUT2D eigenvalue weighted by atomic mass is 10.1. The van der Waals surface area contributed by atoms with Crippen LogP contribution < -0.4 is 10.8 Å². The lowest BCUT2D eigenvalue weighted by Gasteiger charge is -2.21. The molecule has 0 rings (SSSR count). The molecular weight excluding hydrogens is 196 g/mol. The smallest absolute Gasteiger partial charge is 0.101 e. The van der Waals surface area contributed by atoms with Crippen molar-refractivity contribution in [2.75, 3.05) is 34.3 Å². The maximum Gasteiger partial charge on any atom is 0.101 e. The van der Waals surface area contributed by atoms with Crippen LogP contribution in [0, 0.1) is 5.92 Å². The summed E-state index contributed by atoms with van der Waals surface area (Å²) in [6.45, 7) is 4.59. The SMILES string of the molecule is CC(C)C(N)C(=O)[O-].C[N+](C)(C)CCO. The average Bonchev–Trinajstić information content (AvgIpc) is 2.01. The fourth-order valence-electron chi connectivity index (χ4n) is 0.572. The van der Waals surface area contributed by atoms with Gasteiger partial charge in [-0.1, -0.05) is 13.8 Å². The molecule has 0 fully saturated rings. The highest BCUT2D eigenvalue weighted by Crippen LogP contribution is 1.94. The number of aliphatic carboxylic acids is 1. The normalized spacial score (nSPS) is 13.1. The molecule has 0 heterocycles. The number of nitrogens with two attached hydrogens (primary N) is 1. The highest BCUT2D eigenvalue weighted by Gasteiger charge is 2.06. The van der Waals surface area contributed by atoms with Crippen LogP contribution in [-0.4, -0.2) is 55.9 Å². The maximum atomic E-state index is 9.90. The van der Waals surface area contributed by atoms with Gasteiger partial charge >= 0.3 is 0 Å². The zero-order valence-electron chi connectivity index (χ0n) is 10.4. The standard InChI is InChI=1S/C5H11NO2.C5H14NO/c1-3(2)4(6)5(7)8;1-6(2,3)4-5-7/h3-4H,6H2,1-2H3,(H,7,8);7H,4-5H2,1-3H3/q;+1/p-1. The summed E-state index contributed by atoms with van der Waals surface area (Å²) in [5.74, 6) is -1.22. The zero-order chi connectivity index (χ0) is 12.6. The van der Waals surface area contributed by atoms with Gasteiger partial charge in [0.15, 0.2) is 0 Å². The first-order valence-electron chi connectivity index (χ1n) is 4.99. The van der Waals surface area contributed by atoms with E-state index in [0.717, 1.165) is 11.0 Å². The first-order valence-corrected chi connectivity index (χ1v) is 4.99. The number of aliphatic hydroxyl groups excluding tert-OH is 1. The summed E-state index contributed by atoms with van der Waals surface area (Å²) >= 11 is 0. The molecule has 1 atom stereocenters. The number of carbonyl (C=O) groups is 1. The number of aliphatic hydroxyl groups is 1. The Morgan fingerprint density at radius 2 is 1.80 bits per heavy atom. The van der Waals surface area contributed by atoms with E-state index in [9.17, 15) is 9.90 Å². The Kier molecular flexibility index (Phi) is 8.51. The number of nitrogens with zero attached hydrogens (tertiary/aromatic N) is 1. The van der Waals surface area contributed by atoms with Crippen molar-refractivity contribution >= 4 is 5.97 Å². The zero-order valence-corrected chi connectivity index (χ0v) is 10.4. The largest absolute Gasteiger partial charge is 0.548 e. The summed E-state index contributed by atoms with van der Waals surface area (Å²) in [5, 5.41) is 18.3. The first-order chi connectivity index (χ1) is 6.61. The van der Waals surface area contributed by atoms with Crippen molar-refractivity contribution in [1.82, 2.24) is 0 Å². The molecule has 0 aromatic rings. The minimum atomic E-state index is -1.18. The van der Waals surface area contributed by atoms with E-state index in [0.29, 0.717) is 0 Å². The topological polar surface area (TPSA) is 86.4 Å². The molecule has 0 aliphatic rings. The Hall–Kier alpha value is -0.650. The van der Waals surface area contributed by atoms with E-state index in [1.165, 1.54) is 0 Å². The minimum Gasteiger partial charge on any atom is -0.548 e. The van der Waals surface area contributed by atoms with Gasteiger partial charge in [-0.2, -0.15) is 0 Å². The van der Waals surface area contributed by atoms with Gasteiger partial charge in [0.05, 0.1) is 33.7 Å². The van der Waals surface area contributed by atoms with Crippen molar-refractivity contribution in [3.05, 3.63) is 0 Å². The molecule has 5 nitrogen and oxygen atoms in total. The van der Waals surface area contributed by atoms with Crippen LogP contribution in [0.25, 0.3) is 0 Å². The Morgan fingerprint density at radius 3 is 1.80 bits per heavy atom. The van der Waals surface area contributed by atoms with Crippen LogP contribution >= 0.6 is 0 Å². The van der Waals surface area contributed by atoms with E-state index in [1.807, 2.05) is 0 Å². The fourth-order valence-corrected chi connectivity index (χ4v) is 0.572. The number of hydrogen-bond acceptors (Lipinski definition) is 4. The second-order valence-corrected chi connectivity index (χ2v) is 4.83. The van der Waals surface area contributed by atoms with Gasteiger partial charge in [-0.05, 0) is 5.92 Å². The van der Waals surface area contributed by atoms with E-state index in [4.69, 9.17) is 10.8 Å². The van der Waals surface area contributed by atoms with Gasteiger partial charge < -0.3 is 25.2 Å². The van der Waals surface area contributed by atoms with Gasteiger partial charge in [0.2, 0.25) is 0 Å². The Bertz CT molecular complexity index is 176. The van der Waals surface area contributed by atoms with Crippen LogP contribution in [0.5, 0.6) is 0 Å². The summed E-state index contributed by atoms with van der Waals surface area (Å²) < 4.78 is 0.844. The van der Waals surface area contributed by atoms with E-state index < -0.39 is 12.0 Å².